The molecule has 0 aromatic heterocycles. The topological polar surface area (TPSA) is 35.2 Å². The van der Waals surface area contributed by atoms with Crippen LogP contribution >= 0.6 is 0 Å². The lowest BCUT2D eigenvalue weighted by molar-refractivity contribution is 0.357. The predicted molar refractivity (Wildman–Crippen MR) is 64.7 cm³/mol. The second-order valence-corrected chi connectivity index (χ2v) is 5.61. The zero-order valence-electron chi connectivity index (χ0n) is 9.99. The molecule has 3 rings (SSSR count). The van der Waals surface area contributed by atoms with E-state index >= 15 is 0 Å². The van der Waals surface area contributed by atoms with E-state index < -0.39 is 0 Å². The maximum atomic E-state index is 5.83. The molecule has 0 saturated heterocycles. The van der Waals surface area contributed by atoms with E-state index in [0.717, 1.165) is 25.3 Å². The van der Waals surface area contributed by atoms with Crippen LogP contribution < -0.4 is 10.5 Å². The van der Waals surface area contributed by atoms with Crippen LogP contribution in [-0.4, -0.2) is 13.2 Å². The fourth-order valence-electron chi connectivity index (χ4n) is 3.25. The average Bonchev–Trinajstić information content (AvgIpc) is 2.62. The molecule has 1 fully saturated rings. The first-order valence-corrected chi connectivity index (χ1v) is 6.10. The number of nitrogens with two attached hydrogens (primary N) is 1. The van der Waals surface area contributed by atoms with Gasteiger partial charge >= 0.3 is 0 Å². The van der Waals surface area contributed by atoms with Crippen molar-refractivity contribution in [3.8, 4) is 5.75 Å². The molecule has 2 heteroatoms. The first-order chi connectivity index (χ1) is 7.64. The van der Waals surface area contributed by atoms with Gasteiger partial charge in [0.15, 0.2) is 0 Å². The second kappa shape index (κ2) is 3.24. The van der Waals surface area contributed by atoms with Gasteiger partial charge in [0.25, 0.3) is 0 Å². The van der Waals surface area contributed by atoms with Gasteiger partial charge in [0.05, 0.1) is 6.61 Å². The minimum atomic E-state index is 0.377. The SMILES string of the molecule is CC1(C)[C@H](CN)[C@H]1c1ccc2c(c1)CCO2. The molecule has 0 radical (unpaired) electrons. The monoisotopic (exact) mass is 217 g/mol. The number of fused-ring (bicyclic) bond motifs is 1. The molecule has 0 spiro atoms. The van der Waals surface area contributed by atoms with E-state index in [9.17, 15) is 0 Å². The van der Waals surface area contributed by atoms with Crippen LogP contribution in [0.2, 0.25) is 0 Å². The molecule has 86 valence electrons. The fourth-order valence-corrected chi connectivity index (χ4v) is 3.25. The lowest BCUT2D eigenvalue weighted by Gasteiger charge is -2.05. The van der Waals surface area contributed by atoms with Crippen molar-refractivity contribution in [1.82, 2.24) is 0 Å². The van der Waals surface area contributed by atoms with Gasteiger partial charge in [0.2, 0.25) is 0 Å². The summed E-state index contributed by atoms with van der Waals surface area (Å²) < 4.78 is 5.53. The normalized spacial score (nSPS) is 29.7. The van der Waals surface area contributed by atoms with Crippen molar-refractivity contribution in [2.75, 3.05) is 13.2 Å². The molecule has 1 aliphatic heterocycles. The van der Waals surface area contributed by atoms with Gasteiger partial charge in [-0.2, -0.15) is 0 Å². The summed E-state index contributed by atoms with van der Waals surface area (Å²) in [5.41, 5.74) is 9.02. The standard InChI is InChI=1S/C14H19NO/c1-14(2)11(8-15)13(14)10-3-4-12-9(7-10)5-6-16-12/h3-4,7,11,13H,5-6,8,15H2,1-2H3/t11-,13-/m1/s1. The van der Waals surface area contributed by atoms with E-state index in [1.807, 2.05) is 0 Å². The van der Waals surface area contributed by atoms with E-state index in [4.69, 9.17) is 10.5 Å². The number of benzene rings is 1. The van der Waals surface area contributed by atoms with Crippen molar-refractivity contribution >= 4 is 0 Å². The minimum absolute atomic E-state index is 0.377. The Hall–Kier alpha value is -1.02. The summed E-state index contributed by atoms with van der Waals surface area (Å²) in [4.78, 5) is 0. The molecule has 1 saturated carbocycles. The van der Waals surface area contributed by atoms with Gasteiger partial charge < -0.3 is 10.5 Å². The van der Waals surface area contributed by atoms with Crippen molar-refractivity contribution in [3.05, 3.63) is 29.3 Å². The van der Waals surface area contributed by atoms with Crippen molar-refractivity contribution in [1.29, 1.82) is 0 Å². The zero-order valence-corrected chi connectivity index (χ0v) is 9.99. The zero-order chi connectivity index (χ0) is 11.3. The highest BCUT2D eigenvalue weighted by molar-refractivity contribution is 5.43. The van der Waals surface area contributed by atoms with Crippen molar-refractivity contribution in [2.45, 2.75) is 26.2 Å². The fraction of sp³-hybridized carbons (Fsp3) is 0.571. The third-order valence-corrected chi connectivity index (χ3v) is 4.38. The van der Waals surface area contributed by atoms with Crippen molar-refractivity contribution in [2.24, 2.45) is 17.1 Å². The molecule has 1 heterocycles. The third-order valence-electron chi connectivity index (χ3n) is 4.38. The van der Waals surface area contributed by atoms with E-state index in [2.05, 4.69) is 32.0 Å². The highest BCUT2D eigenvalue weighted by atomic mass is 16.5. The Morgan fingerprint density at radius 3 is 2.94 bits per heavy atom. The minimum Gasteiger partial charge on any atom is -0.493 e. The third kappa shape index (κ3) is 1.29. The smallest absolute Gasteiger partial charge is 0.122 e. The van der Waals surface area contributed by atoms with E-state index in [1.54, 1.807) is 0 Å². The lowest BCUT2D eigenvalue weighted by atomic mass is 10.0. The van der Waals surface area contributed by atoms with Gasteiger partial charge in [-0.15, -0.1) is 0 Å². The molecule has 16 heavy (non-hydrogen) atoms. The maximum absolute atomic E-state index is 5.83. The Kier molecular flexibility index (Phi) is 2.05. The molecule has 1 aromatic rings. The Bertz CT molecular complexity index is 425. The second-order valence-electron chi connectivity index (χ2n) is 5.61. The summed E-state index contributed by atoms with van der Waals surface area (Å²) in [5.74, 6) is 2.36. The maximum Gasteiger partial charge on any atom is 0.122 e. The number of ether oxygens (including phenoxy) is 1. The molecule has 0 unspecified atom stereocenters. The molecule has 2 N–H and O–H groups in total. The number of hydrogen-bond acceptors (Lipinski definition) is 2. The molecular formula is C14H19NO. The summed E-state index contributed by atoms with van der Waals surface area (Å²) in [5, 5.41) is 0. The first kappa shape index (κ1) is 10.2. The molecule has 2 aliphatic rings. The summed E-state index contributed by atoms with van der Waals surface area (Å²) in [6.45, 7) is 6.27. The van der Waals surface area contributed by atoms with Crippen LogP contribution in [0.4, 0.5) is 0 Å². The molecular weight excluding hydrogens is 198 g/mol. The van der Waals surface area contributed by atoms with E-state index in [1.165, 1.54) is 11.1 Å². The first-order valence-electron chi connectivity index (χ1n) is 6.10. The van der Waals surface area contributed by atoms with Gasteiger partial charge in [-0.25, -0.2) is 0 Å². The molecule has 1 aromatic carbocycles. The largest absolute Gasteiger partial charge is 0.493 e. The predicted octanol–water partition coefficient (Wildman–Crippen LogP) is 2.32. The quantitative estimate of drug-likeness (QED) is 0.825. The Labute approximate surface area is 96.8 Å². The van der Waals surface area contributed by atoms with Crippen LogP contribution in [0.3, 0.4) is 0 Å². The van der Waals surface area contributed by atoms with Crippen molar-refractivity contribution in [3.63, 3.8) is 0 Å². The molecule has 1 aliphatic carbocycles. The van der Waals surface area contributed by atoms with Crippen LogP contribution in [0.25, 0.3) is 0 Å². The average molecular weight is 217 g/mol. The summed E-state index contributed by atoms with van der Waals surface area (Å²) in [6.07, 6.45) is 1.06. The summed E-state index contributed by atoms with van der Waals surface area (Å²) in [7, 11) is 0. The molecule has 0 bridgehead atoms. The van der Waals surface area contributed by atoms with Gasteiger partial charge in [-0.3, -0.25) is 0 Å². The van der Waals surface area contributed by atoms with Crippen molar-refractivity contribution < 1.29 is 4.74 Å². The number of hydrogen-bond donors (Lipinski definition) is 1. The Balaban J connectivity index is 1.92. The molecule has 0 amide bonds. The van der Waals surface area contributed by atoms with Gasteiger partial charge in [0, 0.05) is 6.42 Å². The van der Waals surface area contributed by atoms with E-state index in [0.29, 0.717) is 17.3 Å². The van der Waals surface area contributed by atoms with Gasteiger partial charge in [-0.1, -0.05) is 26.0 Å². The highest BCUT2D eigenvalue weighted by Crippen LogP contribution is 2.64. The summed E-state index contributed by atoms with van der Waals surface area (Å²) >= 11 is 0. The molecule has 2 atom stereocenters. The highest BCUT2D eigenvalue weighted by Gasteiger charge is 2.57. The van der Waals surface area contributed by atoms with Crippen LogP contribution in [0.1, 0.15) is 30.9 Å². The van der Waals surface area contributed by atoms with Gasteiger partial charge in [0.1, 0.15) is 5.75 Å². The lowest BCUT2D eigenvalue weighted by Crippen LogP contribution is -2.05. The van der Waals surface area contributed by atoms with Crippen LogP contribution in [-0.2, 0) is 6.42 Å². The Morgan fingerprint density at radius 1 is 1.44 bits per heavy atom. The van der Waals surface area contributed by atoms with Crippen LogP contribution in [0.5, 0.6) is 5.75 Å². The van der Waals surface area contributed by atoms with Crippen LogP contribution in [0.15, 0.2) is 18.2 Å². The Morgan fingerprint density at radius 2 is 2.25 bits per heavy atom. The molecule has 2 nitrogen and oxygen atoms in total. The van der Waals surface area contributed by atoms with Gasteiger partial charge in [-0.05, 0) is 41.0 Å². The van der Waals surface area contributed by atoms with E-state index in [-0.39, 0.29) is 0 Å². The number of rotatable bonds is 2. The van der Waals surface area contributed by atoms with Crippen LogP contribution in [0, 0.1) is 11.3 Å². The summed E-state index contributed by atoms with van der Waals surface area (Å²) in [6, 6.07) is 6.66.